The van der Waals surface area contributed by atoms with Crippen LogP contribution in [0.15, 0.2) is 47.5 Å². The molecule has 0 heterocycles. The first kappa shape index (κ1) is 23.3. The fourth-order valence-electron chi connectivity index (χ4n) is 3.30. The molecule has 2 N–H and O–H groups in total. The predicted octanol–water partition coefficient (Wildman–Crippen LogP) is 4.25. The summed E-state index contributed by atoms with van der Waals surface area (Å²) in [6.45, 7) is 3.86. The minimum atomic E-state index is -0.184. The zero-order chi connectivity index (χ0) is 20.0. The third kappa shape index (κ3) is 5.98. The molecule has 5 nitrogen and oxygen atoms in total. The van der Waals surface area contributed by atoms with Crippen molar-refractivity contribution < 1.29 is 13.9 Å². The first-order valence-corrected chi connectivity index (χ1v) is 9.60. The summed E-state index contributed by atoms with van der Waals surface area (Å²) < 4.78 is 24.5. The molecular formula is C22H29FIN3O2. The van der Waals surface area contributed by atoms with Crippen LogP contribution in [0.5, 0.6) is 11.5 Å². The van der Waals surface area contributed by atoms with E-state index in [4.69, 9.17) is 9.47 Å². The number of rotatable bonds is 8. The lowest BCUT2D eigenvalue weighted by atomic mass is 9.96. The molecule has 0 saturated heterocycles. The second kappa shape index (κ2) is 10.7. The topological polar surface area (TPSA) is 54.9 Å². The van der Waals surface area contributed by atoms with E-state index in [0.29, 0.717) is 13.2 Å². The molecule has 0 radical (unpaired) electrons. The van der Waals surface area contributed by atoms with Crippen LogP contribution in [0.3, 0.4) is 0 Å². The van der Waals surface area contributed by atoms with Gasteiger partial charge in [0, 0.05) is 25.6 Å². The number of hydrogen-bond donors (Lipinski definition) is 2. The Hall–Kier alpha value is -2.03. The summed E-state index contributed by atoms with van der Waals surface area (Å²) in [5, 5.41) is 6.71. The Morgan fingerprint density at radius 1 is 1.14 bits per heavy atom. The molecule has 1 saturated carbocycles. The number of methoxy groups -OCH3 is 1. The zero-order valence-electron chi connectivity index (χ0n) is 17.1. The van der Waals surface area contributed by atoms with Crippen LogP contribution < -0.4 is 20.1 Å². The lowest BCUT2D eigenvalue weighted by molar-refractivity contribution is 0.310. The van der Waals surface area contributed by atoms with Gasteiger partial charge in [0.2, 0.25) is 0 Å². The van der Waals surface area contributed by atoms with Crippen LogP contribution in [0.25, 0.3) is 0 Å². The summed E-state index contributed by atoms with van der Waals surface area (Å²) in [6, 6.07) is 12.8. The van der Waals surface area contributed by atoms with Crippen molar-refractivity contribution in [2.45, 2.75) is 31.7 Å². The quantitative estimate of drug-likeness (QED) is 0.315. The molecule has 29 heavy (non-hydrogen) atoms. The average molecular weight is 513 g/mol. The Labute approximate surface area is 189 Å². The van der Waals surface area contributed by atoms with Crippen molar-refractivity contribution in [3.8, 4) is 11.5 Å². The molecule has 1 aliphatic rings. The number of aliphatic imine (C=N–C) groups is 1. The monoisotopic (exact) mass is 513 g/mol. The van der Waals surface area contributed by atoms with E-state index in [9.17, 15) is 4.39 Å². The molecule has 0 aromatic heterocycles. The molecule has 3 rings (SSSR count). The third-order valence-electron chi connectivity index (χ3n) is 5.10. The molecule has 0 spiro atoms. The van der Waals surface area contributed by atoms with Gasteiger partial charge in [-0.2, -0.15) is 0 Å². The molecule has 0 unspecified atom stereocenters. The molecular weight excluding hydrogens is 484 g/mol. The molecule has 1 aliphatic carbocycles. The van der Waals surface area contributed by atoms with E-state index in [-0.39, 0.29) is 35.2 Å². The highest BCUT2D eigenvalue weighted by Gasteiger charge is 2.44. The summed E-state index contributed by atoms with van der Waals surface area (Å²) in [5.41, 5.74) is 2.12. The summed E-state index contributed by atoms with van der Waals surface area (Å²) in [5.74, 6) is 1.99. The van der Waals surface area contributed by atoms with Gasteiger partial charge >= 0.3 is 0 Å². The zero-order valence-corrected chi connectivity index (χ0v) is 19.5. The van der Waals surface area contributed by atoms with Gasteiger partial charge in [-0.25, -0.2) is 4.39 Å². The SMILES string of the molecule is CCOc1cc(CNC(=NC)NCC2(c3cccc(F)c3)CC2)ccc1OC.I. The van der Waals surface area contributed by atoms with Crippen molar-refractivity contribution in [3.05, 3.63) is 59.4 Å². The van der Waals surface area contributed by atoms with Crippen LogP contribution in [-0.4, -0.2) is 33.3 Å². The normalized spacial score (nSPS) is 14.6. The summed E-state index contributed by atoms with van der Waals surface area (Å²) in [6.07, 6.45) is 2.10. The van der Waals surface area contributed by atoms with Gasteiger partial charge in [0.05, 0.1) is 13.7 Å². The number of halogens is 2. The lowest BCUT2D eigenvalue weighted by Gasteiger charge is -2.19. The second-order valence-corrected chi connectivity index (χ2v) is 6.99. The second-order valence-electron chi connectivity index (χ2n) is 6.99. The van der Waals surface area contributed by atoms with E-state index in [2.05, 4.69) is 15.6 Å². The molecule has 1 fully saturated rings. The maximum atomic E-state index is 13.6. The first-order chi connectivity index (χ1) is 13.6. The molecule has 2 aromatic carbocycles. The summed E-state index contributed by atoms with van der Waals surface area (Å²) in [4.78, 5) is 4.30. The lowest BCUT2D eigenvalue weighted by Crippen LogP contribution is -2.40. The molecule has 7 heteroatoms. The van der Waals surface area contributed by atoms with Crippen LogP contribution >= 0.6 is 24.0 Å². The van der Waals surface area contributed by atoms with Crippen molar-refractivity contribution >= 4 is 29.9 Å². The van der Waals surface area contributed by atoms with Gasteiger partial charge in [-0.05, 0) is 55.2 Å². The Kier molecular flexibility index (Phi) is 8.55. The van der Waals surface area contributed by atoms with Gasteiger partial charge in [-0.15, -0.1) is 24.0 Å². The minimum Gasteiger partial charge on any atom is -0.493 e. The van der Waals surface area contributed by atoms with Crippen LogP contribution in [0.4, 0.5) is 4.39 Å². The maximum Gasteiger partial charge on any atom is 0.191 e. The van der Waals surface area contributed by atoms with E-state index in [1.165, 1.54) is 6.07 Å². The minimum absolute atomic E-state index is 0. The van der Waals surface area contributed by atoms with Crippen molar-refractivity contribution in [2.75, 3.05) is 27.3 Å². The van der Waals surface area contributed by atoms with Crippen LogP contribution in [0, 0.1) is 5.82 Å². The van der Waals surface area contributed by atoms with Gasteiger partial charge in [-0.3, -0.25) is 4.99 Å². The van der Waals surface area contributed by atoms with Gasteiger partial charge in [-0.1, -0.05) is 18.2 Å². The fourth-order valence-corrected chi connectivity index (χ4v) is 3.30. The van der Waals surface area contributed by atoms with Crippen molar-refractivity contribution in [1.82, 2.24) is 10.6 Å². The Morgan fingerprint density at radius 2 is 1.93 bits per heavy atom. The average Bonchev–Trinajstić information content (AvgIpc) is 3.50. The van der Waals surface area contributed by atoms with Gasteiger partial charge in [0.25, 0.3) is 0 Å². The molecule has 0 atom stereocenters. The highest BCUT2D eigenvalue weighted by Crippen LogP contribution is 2.47. The first-order valence-electron chi connectivity index (χ1n) is 9.60. The van der Waals surface area contributed by atoms with E-state index in [1.54, 1.807) is 26.3 Å². The smallest absolute Gasteiger partial charge is 0.191 e. The highest BCUT2D eigenvalue weighted by atomic mass is 127. The maximum absolute atomic E-state index is 13.6. The molecule has 0 bridgehead atoms. The largest absolute Gasteiger partial charge is 0.493 e. The number of nitrogens with zero attached hydrogens (tertiary/aromatic N) is 1. The fraction of sp³-hybridized carbons (Fsp3) is 0.409. The van der Waals surface area contributed by atoms with Crippen molar-refractivity contribution in [3.63, 3.8) is 0 Å². The summed E-state index contributed by atoms with van der Waals surface area (Å²) in [7, 11) is 3.38. The van der Waals surface area contributed by atoms with Crippen LogP contribution in [-0.2, 0) is 12.0 Å². The summed E-state index contributed by atoms with van der Waals surface area (Å²) >= 11 is 0. The molecule has 2 aromatic rings. The van der Waals surface area contributed by atoms with Crippen molar-refractivity contribution in [2.24, 2.45) is 4.99 Å². The van der Waals surface area contributed by atoms with E-state index in [1.807, 2.05) is 31.2 Å². The van der Waals surface area contributed by atoms with Gasteiger partial charge in [0.15, 0.2) is 17.5 Å². The highest BCUT2D eigenvalue weighted by molar-refractivity contribution is 14.0. The predicted molar refractivity (Wildman–Crippen MR) is 125 cm³/mol. The Bertz CT molecular complexity index is 841. The van der Waals surface area contributed by atoms with Crippen molar-refractivity contribution in [1.29, 1.82) is 0 Å². The van der Waals surface area contributed by atoms with Crippen LogP contribution in [0.1, 0.15) is 30.9 Å². The molecule has 158 valence electrons. The van der Waals surface area contributed by atoms with Gasteiger partial charge < -0.3 is 20.1 Å². The number of nitrogens with one attached hydrogen (secondary N) is 2. The number of hydrogen-bond acceptors (Lipinski definition) is 3. The number of ether oxygens (including phenoxy) is 2. The third-order valence-corrected chi connectivity index (χ3v) is 5.10. The van der Waals surface area contributed by atoms with E-state index >= 15 is 0 Å². The molecule has 0 aliphatic heterocycles. The van der Waals surface area contributed by atoms with Crippen LogP contribution in [0.2, 0.25) is 0 Å². The van der Waals surface area contributed by atoms with E-state index in [0.717, 1.165) is 48.0 Å². The van der Waals surface area contributed by atoms with E-state index < -0.39 is 0 Å². The number of benzene rings is 2. The standard InChI is InChI=1S/C22H28FN3O2.HI/c1-4-28-20-12-16(8-9-19(20)27-3)14-25-21(24-2)26-15-22(10-11-22)17-6-5-7-18(23)13-17;/h5-9,12-13H,4,10-11,14-15H2,1-3H3,(H2,24,25,26);1H. The number of guanidine groups is 1. The van der Waals surface area contributed by atoms with Gasteiger partial charge in [0.1, 0.15) is 5.82 Å². The molecule has 0 amide bonds. The Morgan fingerprint density at radius 3 is 2.55 bits per heavy atom. The Balaban J connectivity index is 0.00000300.